The molecule has 0 aliphatic rings. The molecule has 0 saturated carbocycles. The number of benzene rings is 3. The number of fused-ring (bicyclic) bond motifs is 1. The number of hydrogen-bond donors (Lipinski definition) is 1. The Hall–Kier alpha value is -4.48. The van der Waals surface area contributed by atoms with Crippen LogP contribution in [0.5, 0.6) is 0 Å². The molecule has 0 aliphatic heterocycles. The minimum atomic E-state index is -0.587. The van der Waals surface area contributed by atoms with Crippen molar-refractivity contribution >= 4 is 46.0 Å². The van der Waals surface area contributed by atoms with Crippen LogP contribution in [0.2, 0.25) is 0 Å². The highest BCUT2D eigenvalue weighted by Crippen LogP contribution is 2.38. The maximum Gasteiger partial charge on any atom is 0.283 e. The van der Waals surface area contributed by atoms with E-state index in [9.17, 15) is 20.2 Å². The average Bonchev–Trinajstić information content (AvgIpc) is 2.83. The standard InChI is InChI=1S/C26H18N4O3S/c1-17-5-2-8-21(13-17)29-26(31)20(16-27)14-18-10-11-23(22(15-18)30(32)33)34-24-9-3-6-19-7-4-12-28-25(19)24/h2-15H,1H3,(H,29,31)/b20-14+. The topological polar surface area (TPSA) is 109 Å². The lowest BCUT2D eigenvalue weighted by atomic mass is 10.1. The number of nitro benzene ring substituents is 1. The van der Waals surface area contributed by atoms with Crippen LogP contribution in [0.25, 0.3) is 17.0 Å². The molecule has 0 aliphatic carbocycles. The monoisotopic (exact) mass is 466 g/mol. The second kappa shape index (κ2) is 9.98. The summed E-state index contributed by atoms with van der Waals surface area (Å²) in [6.45, 7) is 1.89. The van der Waals surface area contributed by atoms with Gasteiger partial charge >= 0.3 is 0 Å². The summed E-state index contributed by atoms with van der Waals surface area (Å²) in [6.07, 6.45) is 3.02. The Balaban J connectivity index is 1.64. The van der Waals surface area contributed by atoms with Gasteiger partial charge in [0.15, 0.2) is 0 Å². The smallest absolute Gasteiger partial charge is 0.283 e. The number of aromatic nitrogens is 1. The van der Waals surface area contributed by atoms with Gasteiger partial charge in [0.05, 0.1) is 15.3 Å². The van der Waals surface area contributed by atoms with Crippen LogP contribution in [-0.2, 0) is 4.79 Å². The third-order valence-corrected chi connectivity index (χ3v) is 6.06. The predicted octanol–water partition coefficient (Wildman–Crippen LogP) is 6.15. The normalized spacial score (nSPS) is 11.1. The Kier molecular flexibility index (Phi) is 6.67. The zero-order valence-corrected chi connectivity index (χ0v) is 18.9. The van der Waals surface area contributed by atoms with E-state index in [4.69, 9.17) is 0 Å². The molecule has 4 rings (SSSR count). The molecule has 1 aromatic heterocycles. The molecule has 0 atom stereocenters. The van der Waals surface area contributed by atoms with Crippen LogP contribution >= 0.6 is 11.8 Å². The Morgan fingerprint density at radius 1 is 1.09 bits per heavy atom. The molecule has 1 heterocycles. The number of nitrogens with one attached hydrogen (secondary N) is 1. The number of hydrogen-bond acceptors (Lipinski definition) is 6. The van der Waals surface area contributed by atoms with Gasteiger partial charge in [0.2, 0.25) is 0 Å². The van der Waals surface area contributed by atoms with E-state index in [2.05, 4.69) is 10.3 Å². The van der Waals surface area contributed by atoms with Gasteiger partial charge in [0.1, 0.15) is 11.6 Å². The van der Waals surface area contributed by atoms with Gasteiger partial charge in [0.25, 0.3) is 11.6 Å². The molecule has 3 aromatic carbocycles. The van der Waals surface area contributed by atoms with E-state index in [0.29, 0.717) is 16.1 Å². The SMILES string of the molecule is Cc1cccc(NC(=O)/C(C#N)=C/c2ccc(Sc3cccc4cccnc34)c([N+](=O)[O-])c2)c1. The largest absolute Gasteiger partial charge is 0.321 e. The number of nitrogens with zero attached hydrogens (tertiary/aromatic N) is 3. The van der Waals surface area contributed by atoms with E-state index in [1.54, 1.807) is 36.5 Å². The van der Waals surface area contributed by atoms with Gasteiger partial charge in [-0.15, -0.1) is 0 Å². The first-order valence-electron chi connectivity index (χ1n) is 10.2. The fraction of sp³-hybridized carbons (Fsp3) is 0.0385. The molecule has 34 heavy (non-hydrogen) atoms. The van der Waals surface area contributed by atoms with Crippen molar-refractivity contribution in [2.24, 2.45) is 0 Å². The molecule has 0 unspecified atom stereocenters. The highest BCUT2D eigenvalue weighted by atomic mass is 32.2. The molecule has 7 nitrogen and oxygen atoms in total. The van der Waals surface area contributed by atoms with E-state index in [-0.39, 0.29) is 11.3 Å². The lowest BCUT2D eigenvalue weighted by molar-refractivity contribution is -0.387. The fourth-order valence-electron chi connectivity index (χ4n) is 3.37. The summed E-state index contributed by atoms with van der Waals surface area (Å²) in [5, 5.41) is 24.9. The molecule has 1 N–H and O–H groups in total. The van der Waals surface area contributed by atoms with Crippen molar-refractivity contribution in [3.05, 3.63) is 106 Å². The van der Waals surface area contributed by atoms with Crippen molar-refractivity contribution in [3.63, 3.8) is 0 Å². The number of carbonyl (C=O) groups excluding carboxylic acids is 1. The minimum Gasteiger partial charge on any atom is -0.321 e. The molecule has 0 saturated heterocycles. The van der Waals surface area contributed by atoms with E-state index in [1.807, 2.05) is 49.4 Å². The summed E-state index contributed by atoms with van der Waals surface area (Å²) in [7, 11) is 0. The number of para-hydroxylation sites is 1. The zero-order valence-electron chi connectivity index (χ0n) is 18.1. The summed E-state index contributed by atoms with van der Waals surface area (Å²) in [6, 6.07) is 23.1. The zero-order chi connectivity index (χ0) is 24.1. The maximum absolute atomic E-state index is 12.6. The molecule has 4 aromatic rings. The number of aryl methyl sites for hydroxylation is 1. The van der Waals surface area contributed by atoms with Gasteiger partial charge in [-0.05, 0) is 54.5 Å². The summed E-state index contributed by atoms with van der Waals surface area (Å²) >= 11 is 1.25. The van der Waals surface area contributed by atoms with Crippen LogP contribution in [0.4, 0.5) is 11.4 Å². The van der Waals surface area contributed by atoms with Crippen molar-refractivity contribution in [2.45, 2.75) is 16.7 Å². The Bertz CT molecular complexity index is 1490. The molecular formula is C26H18N4O3S. The predicted molar refractivity (Wildman–Crippen MR) is 132 cm³/mol. The molecular weight excluding hydrogens is 448 g/mol. The number of rotatable bonds is 6. The third kappa shape index (κ3) is 5.11. The number of carbonyl (C=O) groups is 1. The van der Waals surface area contributed by atoms with E-state index in [0.717, 1.165) is 21.4 Å². The van der Waals surface area contributed by atoms with Crippen molar-refractivity contribution in [1.29, 1.82) is 5.26 Å². The maximum atomic E-state index is 12.6. The first-order valence-corrected chi connectivity index (χ1v) is 11.1. The van der Waals surface area contributed by atoms with Gasteiger partial charge in [0, 0.05) is 28.2 Å². The van der Waals surface area contributed by atoms with Gasteiger partial charge < -0.3 is 5.32 Å². The molecule has 0 fully saturated rings. The van der Waals surface area contributed by atoms with Crippen LogP contribution in [0, 0.1) is 28.4 Å². The number of anilines is 1. The fourth-order valence-corrected chi connectivity index (χ4v) is 4.39. The van der Waals surface area contributed by atoms with Gasteiger partial charge in [-0.1, -0.05) is 48.2 Å². The lowest BCUT2D eigenvalue weighted by Crippen LogP contribution is -2.13. The van der Waals surface area contributed by atoms with Crippen LogP contribution in [-0.4, -0.2) is 15.8 Å². The second-order valence-electron chi connectivity index (χ2n) is 7.41. The molecule has 8 heteroatoms. The molecule has 0 radical (unpaired) electrons. The van der Waals surface area contributed by atoms with Crippen molar-refractivity contribution < 1.29 is 9.72 Å². The van der Waals surface area contributed by atoms with E-state index >= 15 is 0 Å². The summed E-state index contributed by atoms with van der Waals surface area (Å²) < 4.78 is 0. The van der Waals surface area contributed by atoms with Crippen molar-refractivity contribution in [3.8, 4) is 6.07 Å². The first-order chi connectivity index (χ1) is 16.4. The highest BCUT2D eigenvalue weighted by molar-refractivity contribution is 7.99. The van der Waals surface area contributed by atoms with Gasteiger partial charge in [-0.3, -0.25) is 19.9 Å². The number of pyridine rings is 1. The lowest BCUT2D eigenvalue weighted by Gasteiger charge is -2.07. The molecule has 166 valence electrons. The summed E-state index contributed by atoms with van der Waals surface area (Å²) in [4.78, 5) is 29.5. The Morgan fingerprint density at radius 2 is 1.88 bits per heavy atom. The third-order valence-electron chi connectivity index (χ3n) is 4.95. The average molecular weight is 467 g/mol. The molecule has 0 bridgehead atoms. The van der Waals surface area contributed by atoms with E-state index < -0.39 is 10.8 Å². The Labute approximate surface area is 199 Å². The number of amides is 1. The van der Waals surface area contributed by atoms with Crippen LogP contribution in [0.15, 0.2) is 94.4 Å². The Morgan fingerprint density at radius 3 is 2.65 bits per heavy atom. The second-order valence-corrected chi connectivity index (χ2v) is 8.49. The molecule has 0 spiro atoms. The molecule has 1 amide bonds. The van der Waals surface area contributed by atoms with Crippen LogP contribution in [0.1, 0.15) is 11.1 Å². The quantitative estimate of drug-likeness (QED) is 0.158. The summed E-state index contributed by atoms with van der Waals surface area (Å²) in [5.74, 6) is -0.587. The van der Waals surface area contributed by atoms with Crippen LogP contribution in [0.3, 0.4) is 0 Å². The van der Waals surface area contributed by atoms with Crippen LogP contribution < -0.4 is 5.32 Å². The number of nitro groups is 1. The minimum absolute atomic E-state index is 0.122. The summed E-state index contributed by atoms with van der Waals surface area (Å²) in [5.41, 5.74) is 2.38. The highest BCUT2D eigenvalue weighted by Gasteiger charge is 2.18. The van der Waals surface area contributed by atoms with Crippen molar-refractivity contribution in [2.75, 3.05) is 5.32 Å². The first kappa shape index (κ1) is 22.7. The van der Waals surface area contributed by atoms with Gasteiger partial charge in [-0.25, -0.2) is 0 Å². The van der Waals surface area contributed by atoms with Crippen molar-refractivity contribution in [1.82, 2.24) is 4.98 Å². The van der Waals surface area contributed by atoms with Gasteiger partial charge in [-0.2, -0.15) is 5.26 Å². The number of nitriles is 1. The van der Waals surface area contributed by atoms with E-state index in [1.165, 1.54) is 23.9 Å².